The maximum atomic E-state index is 12.3. The Kier molecular flexibility index (Phi) is 4.88. The van der Waals surface area contributed by atoms with Crippen molar-refractivity contribution < 1.29 is 14.3 Å². The highest BCUT2D eigenvalue weighted by molar-refractivity contribution is 5.98. The number of methoxy groups -OCH3 is 1. The van der Waals surface area contributed by atoms with Crippen LogP contribution in [0.15, 0.2) is 31.0 Å². The van der Waals surface area contributed by atoms with Gasteiger partial charge in [0.2, 0.25) is 0 Å². The molecule has 0 aliphatic carbocycles. The monoisotopic (exact) mass is 298 g/mol. The lowest BCUT2D eigenvalue weighted by Gasteiger charge is -2.16. The second kappa shape index (κ2) is 7.04. The van der Waals surface area contributed by atoms with E-state index in [0.717, 1.165) is 0 Å². The van der Waals surface area contributed by atoms with E-state index in [-0.39, 0.29) is 12.0 Å². The minimum Gasteiger partial charge on any atom is -0.467 e. The van der Waals surface area contributed by atoms with E-state index in [4.69, 9.17) is 11.2 Å². The number of amides is 1. The van der Waals surface area contributed by atoms with Crippen LogP contribution in [-0.2, 0) is 16.0 Å². The van der Waals surface area contributed by atoms with E-state index in [1.165, 1.54) is 31.9 Å². The van der Waals surface area contributed by atoms with Gasteiger partial charge in [-0.15, -0.1) is 6.42 Å². The zero-order chi connectivity index (χ0) is 15.9. The Morgan fingerprint density at radius 1 is 1.45 bits per heavy atom. The molecule has 2 aromatic heterocycles. The largest absolute Gasteiger partial charge is 0.467 e. The summed E-state index contributed by atoms with van der Waals surface area (Å²) >= 11 is 0. The molecule has 22 heavy (non-hydrogen) atoms. The van der Waals surface area contributed by atoms with E-state index < -0.39 is 17.9 Å². The lowest BCUT2D eigenvalue weighted by atomic mass is 10.1. The molecule has 0 aromatic carbocycles. The van der Waals surface area contributed by atoms with Crippen molar-refractivity contribution in [3.05, 3.63) is 47.8 Å². The van der Waals surface area contributed by atoms with Crippen molar-refractivity contribution in [1.29, 1.82) is 0 Å². The van der Waals surface area contributed by atoms with E-state index in [0.29, 0.717) is 11.3 Å². The van der Waals surface area contributed by atoms with Gasteiger partial charge in [-0.3, -0.25) is 9.78 Å². The normalized spacial score (nSPS) is 11.3. The number of hydrogen-bond donors (Lipinski definition) is 2. The van der Waals surface area contributed by atoms with Gasteiger partial charge in [0.15, 0.2) is 0 Å². The number of hydrogen-bond acceptors (Lipinski definition) is 5. The van der Waals surface area contributed by atoms with Crippen LogP contribution in [0.4, 0.5) is 0 Å². The first-order valence-corrected chi connectivity index (χ1v) is 6.42. The number of esters is 1. The fourth-order valence-electron chi connectivity index (χ4n) is 1.90. The summed E-state index contributed by atoms with van der Waals surface area (Å²) in [6.07, 6.45) is 11.5. The van der Waals surface area contributed by atoms with Gasteiger partial charge >= 0.3 is 5.97 Å². The van der Waals surface area contributed by atoms with Crippen LogP contribution in [0, 0.1) is 12.3 Å². The molecule has 0 spiro atoms. The molecule has 1 amide bonds. The molecule has 2 heterocycles. The first kappa shape index (κ1) is 15.3. The third kappa shape index (κ3) is 3.49. The average Bonchev–Trinajstić information content (AvgIpc) is 3.06. The molecule has 2 N–H and O–H groups in total. The van der Waals surface area contributed by atoms with E-state index in [2.05, 4.69) is 26.2 Å². The summed E-state index contributed by atoms with van der Waals surface area (Å²) < 4.78 is 4.71. The van der Waals surface area contributed by atoms with Gasteiger partial charge in [-0.05, 0) is 6.07 Å². The Morgan fingerprint density at radius 2 is 2.27 bits per heavy atom. The molecule has 2 rings (SSSR count). The Bertz CT molecular complexity index is 704. The van der Waals surface area contributed by atoms with Crippen molar-refractivity contribution in [3.8, 4) is 12.3 Å². The first-order chi connectivity index (χ1) is 10.7. The van der Waals surface area contributed by atoms with Gasteiger partial charge in [0, 0.05) is 30.7 Å². The number of aromatic nitrogens is 3. The molecule has 0 saturated heterocycles. The number of H-pyrrole nitrogens is 1. The van der Waals surface area contributed by atoms with Gasteiger partial charge in [-0.2, -0.15) is 0 Å². The van der Waals surface area contributed by atoms with Crippen LogP contribution in [0.2, 0.25) is 0 Å². The van der Waals surface area contributed by atoms with Gasteiger partial charge in [0.05, 0.1) is 24.6 Å². The van der Waals surface area contributed by atoms with Crippen molar-refractivity contribution >= 4 is 11.9 Å². The minimum absolute atomic E-state index is 0.231. The predicted octanol–water partition coefficient (Wildman–Crippen LogP) is 0.300. The van der Waals surface area contributed by atoms with Gasteiger partial charge in [-0.25, -0.2) is 9.78 Å². The van der Waals surface area contributed by atoms with Crippen LogP contribution in [0.25, 0.3) is 0 Å². The fourth-order valence-corrected chi connectivity index (χ4v) is 1.90. The smallest absolute Gasteiger partial charge is 0.328 e. The number of ether oxygens (including phenoxy) is 1. The molecule has 0 radical (unpaired) electrons. The van der Waals surface area contributed by atoms with Crippen molar-refractivity contribution in [2.24, 2.45) is 0 Å². The van der Waals surface area contributed by atoms with Crippen molar-refractivity contribution in [3.63, 3.8) is 0 Å². The summed E-state index contributed by atoms with van der Waals surface area (Å²) in [7, 11) is 1.26. The number of nitrogens with zero attached hydrogens (tertiary/aromatic N) is 2. The zero-order valence-corrected chi connectivity index (χ0v) is 11.9. The van der Waals surface area contributed by atoms with Gasteiger partial charge < -0.3 is 15.0 Å². The fraction of sp³-hybridized carbons (Fsp3) is 0.200. The maximum absolute atomic E-state index is 12.3. The molecule has 0 fully saturated rings. The summed E-state index contributed by atoms with van der Waals surface area (Å²) in [5.74, 6) is 1.36. The highest BCUT2D eigenvalue weighted by Gasteiger charge is 2.24. The standard InChI is InChI=1S/C15H14N4O3/c1-3-10-7-16-5-4-12(10)14(20)19-13(15(21)22-2)6-11-8-17-9-18-11/h1,4-5,7-9,13H,6H2,2H3,(H,17,18)(H,19,20)/t13-/m1/s1. The number of imidazole rings is 1. The molecule has 0 unspecified atom stereocenters. The molecule has 7 heteroatoms. The lowest BCUT2D eigenvalue weighted by molar-refractivity contribution is -0.142. The van der Waals surface area contributed by atoms with Crippen LogP contribution >= 0.6 is 0 Å². The number of carbonyl (C=O) groups is 2. The van der Waals surface area contributed by atoms with Crippen LogP contribution in [0.1, 0.15) is 21.6 Å². The molecule has 7 nitrogen and oxygen atoms in total. The Balaban J connectivity index is 2.18. The van der Waals surface area contributed by atoms with Gasteiger partial charge in [0.1, 0.15) is 6.04 Å². The molecule has 0 bridgehead atoms. The SMILES string of the molecule is C#Cc1cnccc1C(=O)N[C@H](Cc1cnc[nH]1)C(=O)OC. The third-order valence-electron chi connectivity index (χ3n) is 2.99. The number of carbonyl (C=O) groups excluding carboxylic acids is 2. The molecule has 112 valence electrons. The second-order valence-electron chi connectivity index (χ2n) is 4.40. The number of nitrogens with one attached hydrogen (secondary N) is 2. The summed E-state index contributed by atoms with van der Waals surface area (Å²) in [6, 6.07) is 0.645. The van der Waals surface area contributed by atoms with Crippen LogP contribution < -0.4 is 5.32 Å². The predicted molar refractivity (Wildman–Crippen MR) is 77.7 cm³/mol. The van der Waals surface area contributed by atoms with Crippen LogP contribution in [0.5, 0.6) is 0 Å². The quantitative estimate of drug-likeness (QED) is 0.611. The summed E-state index contributed by atoms with van der Waals surface area (Å²) in [5, 5.41) is 2.61. The van der Waals surface area contributed by atoms with Crippen LogP contribution in [-0.4, -0.2) is 40.0 Å². The highest BCUT2D eigenvalue weighted by atomic mass is 16.5. The number of terminal acetylenes is 1. The highest BCUT2D eigenvalue weighted by Crippen LogP contribution is 2.07. The van der Waals surface area contributed by atoms with Gasteiger partial charge in [0.25, 0.3) is 5.91 Å². The van der Waals surface area contributed by atoms with E-state index >= 15 is 0 Å². The average molecular weight is 298 g/mol. The first-order valence-electron chi connectivity index (χ1n) is 6.42. The Labute approximate surface area is 127 Å². The van der Waals surface area contributed by atoms with E-state index in [9.17, 15) is 9.59 Å². The van der Waals surface area contributed by atoms with Gasteiger partial charge in [-0.1, -0.05) is 5.92 Å². The molecule has 0 aliphatic rings. The topological polar surface area (TPSA) is 97.0 Å². The number of rotatable bonds is 5. The van der Waals surface area contributed by atoms with E-state index in [1.807, 2.05) is 0 Å². The minimum atomic E-state index is -0.850. The number of pyridine rings is 1. The van der Waals surface area contributed by atoms with Crippen molar-refractivity contribution in [2.45, 2.75) is 12.5 Å². The Morgan fingerprint density at radius 3 is 2.91 bits per heavy atom. The molecular formula is C15H14N4O3. The molecule has 1 atom stereocenters. The second-order valence-corrected chi connectivity index (χ2v) is 4.40. The summed E-state index contributed by atoms with van der Waals surface area (Å²) in [6.45, 7) is 0. The molecular weight excluding hydrogens is 284 g/mol. The third-order valence-corrected chi connectivity index (χ3v) is 2.99. The van der Waals surface area contributed by atoms with Crippen molar-refractivity contribution in [1.82, 2.24) is 20.3 Å². The summed E-state index contributed by atoms with van der Waals surface area (Å²) in [4.78, 5) is 34.8. The zero-order valence-electron chi connectivity index (χ0n) is 11.9. The molecule has 0 saturated carbocycles. The van der Waals surface area contributed by atoms with Crippen molar-refractivity contribution in [2.75, 3.05) is 7.11 Å². The summed E-state index contributed by atoms with van der Waals surface area (Å²) in [5.41, 5.74) is 1.32. The molecule has 2 aromatic rings. The van der Waals surface area contributed by atoms with Crippen LogP contribution in [0.3, 0.4) is 0 Å². The molecule has 0 aliphatic heterocycles. The Hall–Kier alpha value is -3.14. The van der Waals surface area contributed by atoms with E-state index in [1.54, 1.807) is 6.20 Å². The lowest BCUT2D eigenvalue weighted by Crippen LogP contribution is -2.43. The maximum Gasteiger partial charge on any atom is 0.328 e. The number of aromatic amines is 1.